The quantitative estimate of drug-likeness (QED) is 0.299. The van der Waals surface area contributed by atoms with Gasteiger partial charge in [0.05, 0.1) is 31.3 Å². The summed E-state index contributed by atoms with van der Waals surface area (Å²) in [5, 5.41) is 3.00. The molecule has 2 saturated heterocycles. The lowest BCUT2D eigenvalue weighted by molar-refractivity contribution is -0.143. The predicted octanol–water partition coefficient (Wildman–Crippen LogP) is 2.44. The van der Waals surface area contributed by atoms with Crippen LogP contribution in [0, 0.1) is 5.82 Å². The van der Waals surface area contributed by atoms with Gasteiger partial charge in [0.15, 0.2) is 6.61 Å². The molecule has 2 aliphatic rings. The Bertz CT molecular complexity index is 1530. The zero-order valence-electron chi connectivity index (χ0n) is 25.6. The van der Waals surface area contributed by atoms with Crippen molar-refractivity contribution in [3.05, 3.63) is 95.8 Å². The zero-order chi connectivity index (χ0) is 32.4. The van der Waals surface area contributed by atoms with Crippen LogP contribution >= 0.6 is 0 Å². The Morgan fingerprint density at radius 3 is 2.15 bits per heavy atom. The van der Waals surface area contributed by atoms with Gasteiger partial charge in [-0.15, -0.1) is 0 Å². The minimum Gasteiger partial charge on any atom is -0.484 e. The number of benzene rings is 3. The molecule has 0 unspecified atom stereocenters. The summed E-state index contributed by atoms with van der Waals surface area (Å²) >= 11 is 0. The highest BCUT2D eigenvalue weighted by Crippen LogP contribution is 2.25. The number of carbonyl (C=O) groups excluding carboxylic acids is 2. The minimum absolute atomic E-state index is 0.0235. The van der Waals surface area contributed by atoms with E-state index in [1.54, 1.807) is 36.4 Å². The summed E-state index contributed by atoms with van der Waals surface area (Å²) < 4.78 is 57.5. The summed E-state index contributed by atoms with van der Waals surface area (Å²) in [5.41, 5.74) is 1.24. The second kappa shape index (κ2) is 16.1. The SMILES string of the molecule is O=C(NCCN1CCOCC1)[C@H](c1ccccc1)N(Cc1ccc(F)cc1)C(=O)COc1ccc(S(=O)(=O)N2CCOCC2)cc1. The molecule has 5 rings (SSSR count). The van der Waals surface area contributed by atoms with Gasteiger partial charge in [0.1, 0.15) is 17.6 Å². The number of halogens is 1. The van der Waals surface area contributed by atoms with Crippen molar-refractivity contribution >= 4 is 21.8 Å². The van der Waals surface area contributed by atoms with Gasteiger partial charge in [0, 0.05) is 45.8 Å². The van der Waals surface area contributed by atoms with Crippen molar-refractivity contribution in [2.24, 2.45) is 0 Å². The number of sulfonamides is 1. The average Bonchev–Trinajstić information content (AvgIpc) is 3.09. The van der Waals surface area contributed by atoms with E-state index in [0.29, 0.717) is 56.4 Å². The fraction of sp³-hybridized carbons (Fsp3) is 0.394. The molecule has 2 aliphatic heterocycles. The molecule has 2 amide bonds. The third-order valence-electron chi connectivity index (χ3n) is 7.89. The van der Waals surface area contributed by atoms with Gasteiger partial charge in [0.2, 0.25) is 15.9 Å². The van der Waals surface area contributed by atoms with Gasteiger partial charge < -0.3 is 24.4 Å². The highest BCUT2D eigenvalue weighted by Gasteiger charge is 2.32. The second-order valence-corrected chi connectivity index (χ2v) is 12.9. The second-order valence-electron chi connectivity index (χ2n) is 11.0. The summed E-state index contributed by atoms with van der Waals surface area (Å²) in [6.07, 6.45) is 0. The third-order valence-corrected chi connectivity index (χ3v) is 9.80. The van der Waals surface area contributed by atoms with Crippen LogP contribution in [0.15, 0.2) is 83.8 Å². The van der Waals surface area contributed by atoms with E-state index < -0.39 is 34.4 Å². The van der Waals surface area contributed by atoms with E-state index in [2.05, 4.69) is 10.2 Å². The normalized spacial score (nSPS) is 16.8. The van der Waals surface area contributed by atoms with Crippen molar-refractivity contribution in [1.29, 1.82) is 0 Å². The van der Waals surface area contributed by atoms with Crippen molar-refractivity contribution in [3.63, 3.8) is 0 Å². The number of carbonyl (C=O) groups is 2. The Balaban J connectivity index is 1.32. The standard InChI is InChI=1S/C33H39FN4O7S/c34-28-8-6-26(7-9-28)24-38(32(27-4-2-1-3-5-27)33(40)35-14-15-36-16-20-43-21-17-36)31(39)25-45-29-10-12-30(13-11-29)46(41,42)37-18-22-44-23-19-37/h1-13,32H,14-25H2,(H,35,40)/t32-/m0/s1. The molecule has 13 heteroatoms. The van der Waals surface area contributed by atoms with Crippen LogP contribution in [0.3, 0.4) is 0 Å². The number of hydrogen-bond donors (Lipinski definition) is 1. The summed E-state index contributed by atoms with van der Waals surface area (Å²) in [5.74, 6) is -0.953. The zero-order valence-corrected chi connectivity index (χ0v) is 26.4. The predicted molar refractivity (Wildman–Crippen MR) is 168 cm³/mol. The smallest absolute Gasteiger partial charge is 0.261 e. The molecule has 0 saturated carbocycles. The number of rotatable bonds is 13. The van der Waals surface area contributed by atoms with Gasteiger partial charge in [-0.3, -0.25) is 14.5 Å². The maximum Gasteiger partial charge on any atom is 0.261 e. The lowest BCUT2D eigenvalue weighted by Crippen LogP contribution is -2.47. The Morgan fingerprint density at radius 2 is 1.50 bits per heavy atom. The Kier molecular flexibility index (Phi) is 11.7. The van der Waals surface area contributed by atoms with E-state index in [-0.39, 0.29) is 30.4 Å². The molecule has 0 aromatic heterocycles. The van der Waals surface area contributed by atoms with Crippen molar-refractivity contribution in [3.8, 4) is 5.75 Å². The van der Waals surface area contributed by atoms with Crippen LogP contribution in [0.1, 0.15) is 17.2 Å². The Morgan fingerprint density at radius 1 is 0.870 bits per heavy atom. The summed E-state index contributed by atoms with van der Waals surface area (Å²) in [6, 6.07) is 19.6. The highest BCUT2D eigenvalue weighted by atomic mass is 32.2. The van der Waals surface area contributed by atoms with Crippen molar-refractivity contribution in [1.82, 2.24) is 19.4 Å². The molecule has 1 N–H and O–H groups in total. The molecule has 3 aromatic carbocycles. The molecule has 0 aliphatic carbocycles. The molecular formula is C33H39FN4O7S. The highest BCUT2D eigenvalue weighted by molar-refractivity contribution is 7.89. The maximum atomic E-state index is 13.9. The number of hydrogen-bond acceptors (Lipinski definition) is 8. The molecule has 0 spiro atoms. The van der Waals surface area contributed by atoms with Gasteiger partial charge in [-0.2, -0.15) is 4.31 Å². The van der Waals surface area contributed by atoms with Crippen LogP contribution in [0.4, 0.5) is 4.39 Å². The minimum atomic E-state index is -3.69. The van der Waals surface area contributed by atoms with Crippen LogP contribution in [-0.2, 0) is 35.6 Å². The Hall–Kier alpha value is -3.88. The molecule has 1 atom stereocenters. The Labute approximate surface area is 268 Å². The monoisotopic (exact) mass is 654 g/mol. The molecule has 2 heterocycles. The number of nitrogens with zero attached hydrogens (tertiary/aromatic N) is 3. The van der Waals surface area contributed by atoms with E-state index in [1.165, 1.54) is 45.6 Å². The largest absolute Gasteiger partial charge is 0.484 e. The topological polar surface area (TPSA) is 118 Å². The molecular weight excluding hydrogens is 615 g/mol. The van der Waals surface area contributed by atoms with Crippen LogP contribution in [-0.4, -0.2) is 107 Å². The molecule has 246 valence electrons. The van der Waals surface area contributed by atoms with Crippen LogP contribution in [0.5, 0.6) is 5.75 Å². The molecule has 11 nitrogen and oxygen atoms in total. The molecule has 0 bridgehead atoms. The molecule has 2 fully saturated rings. The fourth-order valence-electron chi connectivity index (χ4n) is 5.35. The summed E-state index contributed by atoms with van der Waals surface area (Å²) in [6.45, 7) is 4.73. The maximum absolute atomic E-state index is 13.9. The lowest BCUT2D eigenvalue weighted by atomic mass is 10.0. The van der Waals surface area contributed by atoms with Gasteiger partial charge in [-0.1, -0.05) is 42.5 Å². The number of amides is 2. The van der Waals surface area contributed by atoms with Crippen molar-refractivity contribution in [2.75, 3.05) is 72.3 Å². The van der Waals surface area contributed by atoms with Gasteiger partial charge in [-0.25, -0.2) is 12.8 Å². The summed E-state index contributed by atoms with van der Waals surface area (Å²) in [7, 11) is -3.69. The first-order valence-corrected chi connectivity index (χ1v) is 16.7. The van der Waals surface area contributed by atoms with Crippen LogP contribution < -0.4 is 10.1 Å². The average molecular weight is 655 g/mol. The first-order valence-electron chi connectivity index (χ1n) is 15.3. The summed E-state index contributed by atoms with van der Waals surface area (Å²) in [4.78, 5) is 31.4. The molecule has 46 heavy (non-hydrogen) atoms. The van der Waals surface area contributed by atoms with Crippen LogP contribution in [0.25, 0.3) is 0 Å². The molecule has 3 aromatic rings. The van der Waals surface area contributed by atoms with E-state index in [0.717, 1.165) is 13.1 Å². The van der Waals surface area contributed by atoms with Gasteiger partial charge >= 0.3 is 0 Å². The van der Waals surface area contributed by atoms with Gasteiger partial charge in [0.25, 0.3) is 5.91 Å². The van der Waals surface area contributed by atoms with E-state index >= 15 is 0 Å². The van der Waals surface area contributed by atoms with E-state index in [4.69, 9.17) is 14.2 Å². The fourth-order valence-corrected chi connectivity index (χ4v) is 6.76. The van der Waals surface area contributed by atoms with E-state index in [9.17, 15) is 22.4 Å². The van der Waals surface area contributed by atoms with Crippen molar-refractivity contribution in [2.45, 2.75) is 17.5 Å². The first kappa shape index (κ1) is 33.5. The number of ether oxygens (including phenoxy) is 3. The number of nitrogens with one attached hydrogen (secondary N) is 1. The first-order chi connectivity index (χ1) is 22.3. The third kappa shape index (κ3) is 8.89. The van der Waals surface area contributed by atoms with E-state index in [1.807, 2.05) is 6.07 Å². The molecule has 0 radical (unpaired) electrons. The number of morpholine rings is 2. The lowest BCUT2D eigenvalue weighted by Gasteiger charge is -2.32. The van der Waals surface area contributed by atoms with Gasteiger partial charge in [-0.05, 0) is 47.5 Å². The van der Waals surface area contributed by atoms with Crippen molar-refractivity contribution < 1.29 is 36.6 Å². The van der Waals surface area contributed by atoms with Crippen LogP contribution in [0.2, 0.25) is 0 Å².